The minimum atomic E-state index is 0.0299. The Bertz CT molecular complexity index is 793. The maximum atomic E-state index is 4.28. The lowest BCUT2D eigenvalue weighted by Gasteiger charge is -2.18. The molecule has 0 bridgehead atoms. The van der Waals surface area contributed by atoms with E-state index in [1.165, 1.54) is 27.5 Å². The predicted molar refractivity (Wildman–Crippen MR) is 84.9 cm³/mol. The third-order valence-corrected chi connectivity index (χ3v) is 4.47. The average molecular weight is 256 g/mol. The van der Waals surface area contributed by atoms with Gasteiger partial charge in [-0.15, -0.1) is 0 Å². The summed E-state index contributed by atoms with van der Waals surface area (Å²) < 4.78 is 0. The quantitative estimate of drug-likeness (QED) is 0.560. The van der Waals surface area contributed by atoms with Crippen molar-refractivity contribution in [1.29, 1.82) is 0 Å². The zero-order valence-corrected chi connectivity index (χ0v) is 11.3. The highest BCUT2D eigenvalue weighted by Gasteiger charge is 2.50. The van der Waals surface area contributed by atoms with Crippen LogP contribution in [0.3, 0.4) is 0 Å². The first-order chi connectivity index (χ1) is 9.82. The van der Waals surface area contributed by atoms with Gasteiger partial charge in [0.05, 0.1) is 0 Å². The highest BCUT2D eigenvalue weighted by Crippen LogP contribution is 2.58. The van der Waals surface area contributed by atoms with Crippen molar-refractivity contribution in [2.75, 3.05) is 0 Å². The fourth-order valence-electron chi connectivity index (χ4n) is 3.34. The summed E-state index contributed by atoms with van der Waals surface area (Å²) >= 11 is 0. The minimum absolute atomic E-state index is 0.0299. The van der Waals surface area contributed by atoms with E-state index in [0.717, 1.165) is 6.42 Å². The van der Waals surface area contributed by atoms with Crippen molar-refractivity contribution in [2.24, 2.45) is 0 Å². The molecule has 0 saturated heterocycles. The van der Waals surface area contributed by atoms with Crippen LogP contribution in [0.4, 0.5) is 0 Å². The van der Waals surface area contributed by atoms with E-state index in [1.807, 2.05) is 0 Å². The van der Waals surface area contributed by atoms with Gasteiger partial charge in [-0.25, -0.2) is 0 Å². The molecule has 0 nitrogen and oxygen atoms in total. The predicted octanol–water partition coefficient (Wildman–Crippen LogP) is 5.09. The monoisotopic (exact) mass is 256 g/mol. The second-order valence-electron chi connectivity index (χ2n) is 5.58. The van der Waals surface area contributed by atoms with Gasteiger partial charge in [0.15, 0.2) is 0 Å². The summed E-state index contributed by atoms with van der Waals surface area (Å²) in [4.78, 5) is 0. The van der Waals surface area contributed by atoms with Crippen molar-refractivity contribution in [3.63, 3.8) is 0 Å². The summed E-state index contributed by atoms with van der Waals surface area (Å²) in [5, 5.41) is 2.65. The molecule has 0 radical (unpaired) electrons. The van der Waals surface area contributed by atoms with Crippen LogP contribution in [0.25, 0.3) is 10.8 Å². The number of fused-ring (bicyclic) bond motifs is 1. The maximum Gasteiger partial charge on any atom is 0.0452 e. The van der Waals surface area contributed by atoms with Crippen molar-refractivity contribution in [3.05, 3.63) is 96.1 Å². The molecule has 3 aromatic rings. The van der Waals surface area contributed by atoms with Gasteiger partial charge in [0.25, 0.3) is 0 Å². The first-order valence-corrected chi connectivity index (χ1v) is 7.04. The summed E-state index contributed by atoms with van der Waals surface area (Å²) in [5.74, 6) is 0. The van der Waals surface area contributed by atoms with E-state index in [2.05, 4.69) is 79.4 Å². The first kappa shape index (κ1) is 11.5. The molecule has 4 rings (SSSR count). The molecule has 1 aliphatic rings. The summed E-state index contributed by atoms with van der Waals surface area (Å²) in [6.45, 7) is 4.28. The van der Waals surface area contributed by atoms with E-state index in [1.54, 1.807) is 0 Å². The van der Waals surface area contributed by atoms with Crippen LogP contribution in [-0.2, 0) is 5.41 Å². The Kier molecular flexibility index (Phi) is 2.34. The van der Waals surface area contributed by atoms with Gasteiger partial charge in [0.1, 0.15) is 0 Å². The Morgan fingerprint density at radius 1 is 0.750 bits per heavy atom. The Balaban J connectivity index is 2.01. The molecule has 0 N–H and O–H groups in total. The van der Waals surface area contributed by atoms with Crippen molar-refractivity contribution >= 4 is 10.8 Å². The molecule has 1 atom stereocenters. The molecule has 1 aliphatic carbocycles. The summed E-state index contributed by atoms with van der Waals surface area (Å²) in [6, 6.07) is 26.0. The first-order valence-electron chi connectivity index (χ1n) is 7.04. The third kappa shape index (κ3) is 1.48. The fourth-order valence-corrected chi connectivity index (χ4v) is 3.34. The maximum absolute atomic E-state index is 4.28. The van der Waals surface area contributed by atoms with Crippen LogP contribution < -0.4 is 0 Å². The zero-order chi connectivity index (χ0) is 13.6. The SMILES string of the molecule is C=C1CC1(c1ccccc1)c1cccc2ccccc12. The van der Waals surface area contributed by atoms with E-state index in [0.29, 0.717) is 0 Å². The molecule has 1 fully saturated rings. The molecule has 0 amide bonds. The third-order valence-electron chi connectivity index (χ3n) is 4.47. The van der Waals surface area contributed by atoms with Crippen LogP contribution >= 0.6 is 0 Å². The second-order valence-corrected chi connectivity index (χ2v) is 5.58. The molecule has 96 valence electrons. The Labute approximate surface area is 119 Å². The second kappa shape index (κ2) is 4.08. The zero-order valence-electron chi connectivity index (χ0n) is 11.3. The van der Waals surface area contributed by atoms with Crippen LogP contribution in [0.1, 0.15) is 17.5 Å². The highest BCUT2D eigenvalue weighted by atomic mass is 14.5. The topological polar surface area (TPSA) is 0 Å². The fraction of sp³-hybridized carbons (Fsp3) is 0.100. The van der Waals surface area contributed by atoms with E-state index in [-0.39, 0.29) is 5.41 Å². The van der Waals surface area contributed by atoms with Crippen LogP contribution in [0.5, 0.6) is 0 Å². The van der Waals surface area contributed by atoms with Gasteiger partial charge in [-0.05, 0) is 28.3 Å². The summed E-state index contributed by atoms with van der Waals surface area (Å²) in [7, 11) is 0. The minimum Gasteiger partial charge on any atom is -0.0986 e. The van der Waals surface area contributed by atoms with Gasteiger partial charge in [0, 0.05) is 5.41 Å². The lowest BCUT2D eigenvalue weighted by molar-refractivity contribution is 0.892. The van der Waals surface area contributed by atoms with Gasteiger partial charge >= 0.3 is 0 Å². The van der Waals surface area contributed by atoms with Crippen molar-refractivity contribution < 1.29 is 0 Å². The highest BCUT2D eigenvalue weighted by molar-refractivity contribution is 5.89. The molecular formula is C20H16. The Morgan fingerprint density at radius 3 is 2.15 bits per heavy atom. The van der Waals surface area contributed by atoms with E-state index >= 15 is 0 Å². The van der Waals surface area contributed by atoms with Crippen LogP contribution in [0.2, 0.25) is 0 Å². The molecule has 20 heavy (non-hydrogen) atoms. The summed E-state index contributed by atoms with van der Waals surface area (Å²) in [5.41, 5.74) is 4.11. The smallest absolute Gasteiger partial charge is 0.0452 e. The standard InChI is InChI=1S/C20H16/c1-15-14-20(15,17-10-3-2-4-11-17)19-13-7-9-16-8-5-6-12-18(16)19/h2-13H,1,14H2. The number of rotatable bonds is 2. The number of hydrogen-bond acceptors (Lipinski definition) is 0. The number of benzene rings is 3. The molecule has 0 heteroatoms. The lowest BCUT2D eigenvalue weighted by Crippen LogP contribution is -2.09. The molecule has 1 unspecified atom stereocenters. The van der Waals surface area contributed by atoms with Gasteiger partial charge < -0.3 is 0 Å². The van der Waals surface area contributed by atoms with E-state index in [4.69, 9.17) is 0 Å². The number of hydrogen-bond donors (Lipinski definition) is 0. The van der Waals surface area contributed by atoms with Gasteiger partial charge in [0.2, 0.25) is 0 Å². The van der Waals surface area contributed by atoms with Gasteiger partial charge in [-0.1, -0.05) is 84.9 Å². The summed E-state index contributed by atoms with van der Waals surface area (Å²) in [6.07, 6.45) is 1.06. The molecule has 3 aromatic carbocycles. The van der Waals surface area contributed by atoms with E-state index < -0.39 is 0 Å². The lowest BCUT2D eigenvalue weighted by atomic mass is 9.84. The molecule has 0 aliphatic heterocycles. The molecule has 1 saturated carbocycles. The van der Waals surface area contributed by atoms with Crippen LogP contribution in [0, 0.1) is 0 Å². The van der Waals surface area contributed by atoms with Crippen molar-refractivity contribution in [2.45, 2.75) is 11.8 Å². The van der Waals surface area contributed by atoms with Crippen molar-refractivity contribution in [3.8, 4) is 0 Å². The largest absolute Gasteiger partial charge is 0.0986 e. The average Bonchev–Trinajstić information content (AvgIpc) is 3.20. The van der Waals surface area contributed by atoms with Gasteiger partial charge in [-0.2, -0.15) is 0 Å². The molecule has 0 heterocycles. The molecule has 0 spiro atoms. The normalized spacial score (nSPS) is 21.1. The molecular weight excluding hydrogens is 240 g/mol. The van der Waals surface area contributed by atoms with Crippen LogP contribution in [0.15, 0.2) is 84.9 Å². The van der Waals surface area contributed by atoms with Crippen LogP contribution in [-0.4, -0.2) is 0 Å². The Morgan fingerprint density at radius 2 is 1.40 bits per heavy atom. The molecule has 0 aromatic heterocycles. The Hall–Kier alpha value is -2.34. The van der Waals surface area contributed by atoms with Gasteiger partial charge in [-0.3, -0.25) is 0 Å². The van der Waals surface area contributed by atoms with Crippen molar-refractivity contribution in [1.82, 2.24) is 0 Å². The van der Waals surface area contributed by atoms with E-state index in [9.17, 15) is 0 Å². The number of allylic oxidation sites excluding steroid dienone is 1.